The van der Waals surface area contributed by atoms with Gasteiger partial charge < -0.3 is 16.0 Å². The molecule has 110 valence electrons. The fourth-order valence-electron chi connectivity index (χ4n) is 2.20. The number of hydrogen-bond donors (Lipinski definition) is 2. The van der Waals surface area contributed by atoms with E-state index in [0.717, 1.165) is 37.1 Å². The topological polar surface area (TPSA) is 58.4 Å². The molecule has 2 amide bonds. The van der Waals surface area contributed by atoms with E-state index in [1.165, 1.54) is 0 Å². The van der Waals surface area contributed by atoms with Crippen LogP contribution in [0.25, 0.3) is 0 Å². The highest BCUT2D eigenvalue weighted by Gasteiger charge is 2.32. The Morgan fingerprint density at radius 1 is 1.45 bits per heavy atom. The fourth-order valence-corrected chi connectivity index (χ4v) is 2.20. The van der Waals surface area contributed by atoms with Crippen molar-refractivity contribution >= 4 is 11.7 Å². The maximum atomic E-state index is 12.4. The number of nitrogens with one attached hydrogen (secondary N) is 1. The molecule has 1 aromatic rings. The first-order valence-electron chi connectivity index (χ1n) is 7.46. The lowest BCUT2D eigenvalue weighted by Crippen LogP contribution is -2.38. The molecule has 0 bridgehead atoms. The first-order chi connectivity index (χ1) is 9.60. The molecule has 0 radical (unpaired) electrons. The monoisotopic (exact) mass is 275 g/mol. The van der Waals surface area contributed by atoms with E-state index in [1.807, 2.05) is 29.2 Å². The van der Waals surface area contributed by atoms with Gasteiger partial charge in [-0.1, -0.05) is 26.0 Å². The molecule has 0 saturated heterocycles. The second-order valence-corrected chi connectivity index (χ2v) is 5.94. The number of carbonyl (C=O) groups excluding carboxylic acids is 1. The summed E-state index contributed by atoms with van der Waals surface area (Å²) in [5.74, 6) is 0.615. The zero-order valence-corrected chi connectivity index (χ0v) is 12.4. The quantitative estimate of drug-likeness (QED) is 0.837. The van der Waals surface area contributed by atoms with Crippen molar-refractivity contribution in [2.45, 2.75) is 45.7 Å². The highest BCUT2D eigenvalue weighted by molar-refractivity contribution is 5.89. The summed E-state index contributed by atoms with van der Waals surface area (Å²) in [6.07, 6.45) is 3.31. The van der Waals surface area contributed by atoms with Gasteiger partial charge in [0.15, 0.2) is 0 Å². The van der Waals surface area contributed by atoms with Gasteiger partial charge in [-0.05, 0) is 42.9 Å². The second kappa shape index (κ2) is 6.75. The third-order valence-electron chi connectivity index (χ3n) is 3.61. The van der Waals surface area contributed by atoms with Crippen molar-refractivity contribution in [3.05, 3.63) is 29.8 Å². The Balaban J connectivity index is 1.96. The lowest BCUT2D eigenvalue weighted by atomic mass is 10.1. The lowest BCUT2D eigenvalue weighted by Gasteiger charge is -2.24. The summed E-state index contributed by atoms with van der Waals surface area (Å²) in [6, 6.07) is 8.19. The van der Waals surface area contributed by atoms with Crippen molar-refractivity contribution < 1.29 is 4.79 Å². The summed E-state index contributed by atoms with van der Waals surface area (Å²) >= 11 is 0. The van der Waals surface area contributed by atoms with Gasteiger partial charge in [0, 0.05) is 24.8 Å². The number of nitrogens with zero attached hydrogens (tertiary/aromatic N) is 1. The predicted molar refractivity (Wildman–Crippen MR) is 82.5 cm³/mol. The zero-order valence-electron chi connectivity index (χ0n) is 12.4. The Labute approximate surface area is 121 Å². The molecule has 4 heteroatoms. The molecular formula is C16H25N3O. The van der Waals surface area contributed by atoms with E-state index in [2.05, 4.69) is 19.2 Å². The largest absolute Gasteiger partial charge is 0.326 e. The Morgan fingerprint density at radius 3 is 2.80 bits per heavy atom. The molecule has 0 atom stereocenters. The Morgan fingerprint density at radius 2 is 2.20 bits per heavy atom. The van der Waals surface area contributed by atoms with E-state index in [1.54, 1.807) is 0 Å². The lowest BCUT2D eigenvalue weighted by molar-refractivity contribution is 0.205. The summed E-state index contributed by atoms with van der Waals surface area (Å²) in [7, 11) is 0. The predicted octanol–water partition coefficient (Wildman–Crippen LogP) is 3.19. The maximum Gasteiger partial charge on any atom is 0.322 e. The Kier molecular flexibility index (Phi) is 5.01. The number of benzene rings is 1. The third kappa shape index (κ3) is 4.23. The van der Waals surface area contributed by atoms with Crippen molar-refractivity contribution in [3.8, 4) is 0 Å². The first kappa shape index (κ1) is 14.9. The number of amides is 2. The Bertz CT molecular complexity index is 455. The average Bonchev–Trinajstić information content (AvgIpc) is 3.23. The van der Waals surface area contributed by atoms with Crippen LogP contribution in [0.3, 0.4) is 0 Å². The van der Waals surface area contributed by atoms with Crippen molar-refractivity contribution in [1.82, 2.24) is 4.90 Å². The molecule has 0 unspecified atom stereocenters. The number of rotatable bonds is 6. The van der Waals surface area contributed by atoms with Crippen LogP contribution in [-0.2, 0) is 6.54 Å². The van der Waals surface area contributed by atoms with Crippen molar-refractivity contribution in [3.63, 3.8) is 0 Å². The minimum absolute atomic E-state index is 0.0160. The number of anilines is 1. The molecular weight excluding hydrogens is 250 g/mol. The molecule has 0 aliphatic heterocycles. The minimum atomic E-state index is 0.0160. The van der Waals surface area contributed by atoms with Crippen LogP contribution in [-0.4, -0.2) is 23.5 Å². The van der Waals surface area contributed by atoms with E-state index in [4.69, 9.17) is 5.73 Å². The Hall–Kier alpha value is -1.55. The van der Waals surface area contributed by atoms with E-state index in [0.29, 0.717) is 18.5 Å². The van der Waals surface area contributed by atoms with Crippen LogP contribution in [0, 0.1) is 5.92 Å². The number of carbonyl (C=O) groups is 1. The molecule has 0 heterocycles. The summed E-state index contributed by atoms with van der Waals surface area (Å²) in [4.78, 5) is 14.4. The molecule has 1 aliphatic carbocycles. The maximum absolute atomic E-state index is 12.4. The number of nitrogens with two attached hydrogens (primary N) is 1. The highest BCUT2D eigenvalue weighted by atomic mass is 16.2. The van der Waals surface area contributed by atoms with Gasteiger partial charge in [-0.2, -0.15) is 0 Å². The molecule has 0 aromatic heterocycles. The van der Waals surface area contributed by atoms with Gasteiger partial charge in [0.1, 0.15) is 0 Å². The molecule has 2 rings (SSSR count). The van der Waals surface area contributed by atoms with E-state index in [-0.39, 0.29) is 6.03 Å². The van der Waals surface area contributed by atoms with Gasteiger partial charge in [-0.25, -0.2) is 4.79 Å². The van der Waals surface area contributed by atoms with Crippen molar-refractivity contribution in [2.24, 2.45) is 11.7 Å². The average molecular weight is 275 g/mol. The van der Waals surface area contributed by atoms with Crippen molar-refractivity contribution in [1.29, 1.82) is 0 Å². The highest BCUT2D eigenvalue weighted by Crippen LogP contribution is 2.28. The third-order valence-corrected chi connectivity index (χ3v) is 3.61. The summed E-state index contributed by atoms with van der Waals surface area (Å²) in [5, 5.41) is 2.99. The van der Waals surface area contributed by atoms with E-state index in [9.17, 15) is 4.79 Å². The van der Waals surface area contributed by atoms with Crippen LogP contribution in [0.15, 0.2) is 24.3 Å². The molecule has 1 aromatic carbocycles. The van der Waals surface area contributed by atoms with Crippen LogP contribution in [0.2, 0.25) is 0 Å². The van der Waals surface area contributed by atoms with Gasteiger partial charge in [-0.3, -0.25) is 0 Å². The van der Waals surface area contributed by atoms with Gasteiger partial charge in [0.2, 0.25) is 0 Å². The SMILES string of the molecule is CC(C)CCN(C(=O)Nc1cccc(CN)c1)C1CC1. The molecule has 0 spiro atoms. The summed E-state index contributed by atoms with van der Waals surface area (Å²) in [6.45, 7) is 5.70. The minimum Gasteiger partial charge on any atom is -0.326 e. The molecule has 1 aliphatic rings. The van der Waals surface area contributed by atoms with Gasteiger partial charge in [0.05, 0.1) is 0 Å². The second-order valence-electron chi connectivity index (χ2n) is 5.94. The number of hydrogen-bond acceptors (Lipinski definition) is 2. The molecule has 4 nitrogen and oxygen atoms in total. The zero-order chi connectivity index (χ0) is 14.5. The summed E-state index contributed by atoms with van der Waals surface area (Å²) in [5.41, 5.74) is 7.48. The van der Waals surface area contributed by atoms with Crippen LogP contribution in [0.5, 0.6) is 0 Å². The fraction of sp³-hybridized carbons (Fsp3) is 0.562. The van der Waals surface area contributed by atoms with Gasteiger partial charge in [-0.15, -0.1) is 0 Å². The van der Waals surface area contributed by atoms with E-state index >= 15 is 0 Å². The van der Waals surface area contributed by atoms with E-state index < -0.39 is 0 Å². The molecule has 1 saturated carbocycles. The molecule has 1 fully saturated rings. The molecule has 3 N–H and O–H groups in total. The first-order valence-corrected chi connectivity index (χ1v) is 7.46. The smallest absolute Gasteiger partial charge is 0.322 e. The van der Waals surface area contributed by atoms with Gasteiger partial charge in [0.25, 0.3) is 0 Å². The van der Waals surface area contributed by atoms with Crippen LogP contribution in [0.1, 0.15) is 38.7 Å². The summed E-state index contributed by atoms with van der Waals surface area (Å²) < 4.78 is 0. The van der Waals surface area contributed by atoms with Gasteiger partial charge >= 0.3 is 6.03 Å². The molecule has 20 heavy (non-hydrogen) atoms. The standard InChI is InChI=1S/C16H25N3O/c1-12(2)8-9-19(15-6-7-15)16(20)18-14-5-3-4-13(10-14)11-17/h3-5,10,12,15H,6-9,11,17H2,1-2H3,(H,18,20). The normalized spacial score (nSPS) is 14.4. The van der Waals surface area contributed by atoms with Crippen LogP contribution in [0.4, 0.5) is 10.5 Å². The van der Waals surface area contributed by atoms with Crippen molar-refractivity contribution in [2.75, 3.05) is 11.9 Å². The van der Waals surface area contributed by atoms with Crippen LogP contribution >= 0.6 is 0 Å². The van der Waals surface area contributed by atoms with Crippen LogP contribution < -0.4 is 11.1 Å². The number of urea groups is 1.